The molecule has 4 aliphatic rings. The zero-order valence-corrected chi connectivity index (χ0v) is 16.1. The van der Waals surface area contributed by atoms with Crippen molar-refractivity contribution in [1.29, 1.82) is 0 Å². The van der Waals surface area contributed by atoms with Crippen LogP contribution in [0.3, 0.4) is 0 Å². The van der Waals surface area contributed by atoms with Crippen molar-refractivity contribution in [1.82, 2.24) is 0 Å². The van der Waals surface area contributed by atoms with E-state index in [0.29, 0.717) is 5.92 Å². The smallest absolute Gasteiger partial charge is 0.134 e. The van der Waals surface area contributed by atoms with Crippen LogP contribution in [-0.2, 0) is 5.41 Å². The summed E-state index contributed by atoms with van der Waals surface area (Å²) in [6.45, 7) is 7.25. The third-order valence-corrected chi connectivity index (χ3v) is 6.70. The van der Waals surface area contributed by atoms with Crippen LogP contribution < -0.4 is 9.80 Å². The summed E-state index contributed by atoms with van der Waals surface area (Å²) in [5.74, 6) is 0.530. The molecule has 2 N–H and O–H groups in total. The van der Waals surface area contributed by atoms with E-state index >= 15 is 0 Å². The second-order valence-electron chi connectivity index (χ2n) is 8.19. The van der Waals surface area contributed by atoms with Gasteiger partial charge in [-0.3, -0.25) is 0 Å². The number of piperidine rings is 2. The van der Waals surface area contributed by atoms with E-state index < -0.39 is 0 Å². The molecule has 2 unspecified atom stereocenters. The first kappa shape index (κ1) is 17.1. The standard InChI is InChI=1S/C22H23ClN4/c23-20-8-6-17(7-9-20)12-24-25-21-18-13-26-10-11-27(14-18)16-22(21,15-26)19-4-2-1-3-5-19/h1-9,12,18H,10-11,13-16H2/p+2/b24-12-,25-21+. The molecule has 2 atom stereocenters. The highest BCUT2D eigenvalue weighted by Gasteiger charge is 2.58. The number of nitrogens with zero attached hydrogens (tertiary/aromatic N) is 2. The Kier molecular flexibility index (Phi) is 4.35. The molecule has 2 aromatic carbocycles. The molecule has 27 heavy (non-hydrogen) atoms. The van der Waals surface area contributed by atoms with Gasteiger partial charge in [-0.05, 0) is 23.3 Å². The molecule has 4 fully saturated rings. The number of nitrogens with one attached hydrogen (secondary N) is 2. The van der Waals surface area contributed by atoms with Crippen molar-refractivity contribution in [2.24, 2.45) is 16.1 Å². The number of halogens is 1. The Morgan fingerprint density at radius 2 is 1.59 bits per heavy atom. The molecule has 2 aromatic rings. The fraction of sp³-hybridized carbons (Fsp3) is 0.364. The average molecular weight is 381 g/mol. The van der Waals surface area contributed by atoms with E-state index in [4.69, 9.17) is 16.7 Å². The molecule has 0 amide bonds. The maximum absolute atomic E-state index is 5.97. The molecule has 138 valence electrons. The van der Waals surface area contributed by atoms with Crippen LogP contribution in [0.1, 0.15) is 11.1 Å². The molecular weight excluding hydrogens is 356 g/mol. The van der Waals surface area contributed by atoms with Gasteiger partial charge in [-0.1, -0.05) is 54.1 Å². The molecule has 4 saturated heterocycles. The first-order valence-corrected chi connectivity index (χ1v) is 10.2. The molecule has 0 aromatic heterocycles. The monoisotopic (exact) mass is 380 g/mol. The molecule has 0 aliphatic carbocycles. The van der Waals surface area contributed by atoms with E-state index in [1.807, 2.05) is 30.5 Å². The highest BCUT2D eigenvalue weighted by molar-refractivity contribution is 6.30. The lowest BCUT2D eigenvalue weighted by molar-refractivity contribution is -0.918. The van der Waals surface area contributed by atoms with Crippen molar-refractivity contribution in [3.05, 3.63) is 70.7 Å². The number of quaternary nitrogens is 2. The molecular formula is C22H25ClN4+2. The minimum atomic E-state index is 0.0287. The summed E-state index contributed by atoms with van der Waals surface area (Å²) >= 11 is 5.97. The summed E-state index contributed by atoms with van der Waals surface area (Å²) in [6, 6.07) is 18.7. The van der Waals surface area contributed by atoms with E-state index in [1.165, 1.54) is 37.5 Å². The van der Waals surface area contributed by atoms with E-state index in [0.717, 1.165) is 23.7 Å². The van der Waals surface area contributed by atoms with Crippen molar-refractivity contribution in [3.63, 3.8) is 0 Å². The van der Waals surface area contributed by atoms with Gasteiger partial charge in [0.05, 0.1) is 44.0 Å². The van der Waals surface area contributed by atoms with Gasteiger partial charge in [-0.2, -0.15) is 10.2 Å². The van der Waals surface area contributed by atoms with Crippen molar-refractivity contribution < 1.29 is 9.80 Å². The third kappa shape index (κ3) is 3.12. The van der Waals surface area contributed by atoms with Gasteiger partial charge in [0.25, 0.3) is 0 Å². The molecule has 4 bridgehead atoms. The first-order chi connectivity index (χ1) is 13.2. The van der Waals surface area contributed by atoms with Crippen molar-refractivity contribution in [3.8, 4) is 0 Å². The number of fused-ring (bicyclic) bond motifs is 1. The summed E-state index contributed by atoms with van der Waals surface area (Å²) in [5, 5.41) is 10.1. The Morgan fingerprint density at radius 3 is 2.26 bits per heavy atom. The van der Waals surface area contributed by atoms with Gasteiger partial charge in [0.2, 0.25) is 0 Å². The lowest BCUT2D eigenvalue weighted by atomic mass is 9.66. The Bertz CT molecular complexity index is 859. The molecule has 6 rings (SSSR count). The zero-order chi connectivity index (χ0) is 18.3. The van der Waals surface area contributed by atoms with Crippen LogP contribution in [-0.4, -0.2) is 51.2 Å². The second kappa shape index (κ2) is 6.86. The molecule has 0 radical (unpaired) electrons. The molecule has 4 aliphatic heterocycles. The number of benzene rings is 2. The summed E-state index contributed by atoms with van der Waals surface area (Å²) in [5.41, 5.74) is 3.77. The maximum Gasteiger partial charge on any atom is 0.134 e. The summed E-state index contributed by atoms with van der Waals surface area (Å²) in [6.07, 6.45) is 1.85. The van der Waals surface area contributed by atoms with Crippen LogP contribution in [0.4, 0.5) is 0 Å². The average Bonchev–Trinajstić information content (AvgIpc) is 2.94. The van der Waals surface area contributed by atoms with Crippen molar-refractivity contribution in [2.75, 3.05) is 39.3 Å². The largest absolute Gasteiger partial charge is 0.328 e. The van der Waals surface area contributed by atoms with Crippen LogP contribution in [0.15, 0.2) is 64.8 Å². The molecule has 4 heterocycles. The van der Waals surface area contributed by atoms with Gasteiger partial charge in [-0.15, -0.1) is 0 Å². The predicted molar refractivity (Wildman–Crippen MR) is 109 cm³/mol. The van der Waals surface area contributed by atoms with E-state index in [1.54, 1.807) is 9.80 Å². The Balaban J connectivity index is 1.54. The lowest BCUT2D eigenvalue weighted by Crippen LogP contribution is -3.17. The summed E-state index contributed by atoms with van der Waals surface area (Å²) < 4.78 is 0. The minimum Gasteiger partial charge on any atom is -0.328 e. The van der Waals surface area contributed by atoms with Gasteiger partial charge < -0.3 is 9.80 Å². The second-order valence-corrected chi connectivity index (χ2v) is 8.62. The van der Waals surface area contributed by atoms with Gasteiger partial charge >= 0.3 is 0 Å². The lowest BCUT2D eigenvalue weighted by Gasteiger charge is -2.46. The predicted octanol–water partition coefficient (Wildman–Crippen LogP) is 0.480. The molecule has 5 heteroatoms. The Morgan fingerprint density at radius 1 is 0.926 bits per heavy atom. The molecule has 0 spiro atoms. The highest BCUT2D eigenvalue weighted by Crippen LogP contribution is 2.31. The third-order valence-electron chi connectivity index (χ3n) is 6.45. The van der Waals surface area contributed by atoms with Gasteiger partial charge in [0.1, 0.15) is 18.5 Å². The quantitative estimate of drug-likeness (QED) is 0.574. The topological polar surface area (TPSA) is 33.6 Å². The number of hydrogen-bond acceptors (Lipinski definition) is 2. The van der Waals surface area contributed by atoms with E-state index in [9.17, 15) is 0 Å². The molecule has 4 nitrogen and oxygen atoms in total. The van der Waals surface area contributed by atoms with E-state index in [-0.39, 0.29) is 5.41 Å². The Hall–Kier alpha value is -2.01. The van der Waals surface area contributed by atoms with Crippen molar-refractivity contribution in [2.45, 2.75) is 5.41 Å². The van der Waals surface area contributed by atoms with Crippen LogP contribution in [0.2, 0.25) is 5.02 Å². The van der Waals surface area contributed by atoms with Crippen LogP contribution in [0.5, 0.6) is 0 Å². The number of hydrogen-bond donors (Lipinski definition) is 2. The van der Waals surface area contributed by atoms with Gasteiger partial charge in [-0.25, -0.2) is 0 Å². The normalized spacial score (nSPS) is 33.7. The maximum atomic E-state index is 5.97. The van der Waals surface area contributed by atoms with Crippen molar-refractivity contribution >= 4 is 23.5 Å². The zero-order valence-electron chi connectivity index (χ0n) is 15.4. The summed E-state index contributed by atoms with van der Waals surface area (Å²) in [7, 11) is 0. The van der Waals surface area contributed by atoms with Crippen LogP contribution in [0, 0.1) is 5.92 Å². The minimum absolute atomic E-state index is 0.0287. The SMILES string of the molecule is Clc1ccc(/C=N\N=C2/C3C[NH+]4CC[NH+](C3)CC2(c2ccccc2)C4)cc1. The van der Waals surface area contributed by atoms with E-state index in [2.05, 4.69) is 35.4 Å². The van der Waals surface area contributed by atoms with Gasteiger partial charge in [0.15, 0.2) is 0 Å². The fourth-order valence-electron chi connectivity index (χ4n) is 5.32. The first-order valence-electron chi connectivity index (χ1n) is 9.83. The van der Waals surface area contributed by atoms with Crippen LogP contribution in [0.25, 0.3) is 0 Å². The highest BCUT2D eigenvalue weighted by atomic mass is 35.5. The van der Waals surface area contributed by atoms with Crippen LogP contribution >= 0.6 is 11.6 Å². The fourth-order valence-corrected chi connectivity index (χ4v) is 5.45. The number of rotatable bonds is 3. The Labute approximate surface area is 165 Å². The summed E-state index contributed by atoms with van der Waals surface area (Å²) in [4.78, 5) is 3.47. The van der Waals surface area contributed by atoms with Gasteiger partial charge in [0, 0.05) is 5.02 Å². The molecule has 0 saturated carbocycles.